The summed E-state index contributed by atoms with van der Waals surface area (Å²) in [7, 11) is -0.601. The minimum atomic E-state index is -2.36. The van der Waals surface area contributed by atoms with Crippen molar-refractivity contribution in [3.63, 3.8) is 0 Å². The van der Waals surface area contributed by atoms with Gasteiger partial charge < -0.3 is 29.4 Å². The lowest BCUT2D eigenvalue weighted by molar-refractivity contribution is -0.139. The molecule has 0 aliphatic heterocycles. The average Bonchev–Trinajstić information content (AvgIpc) is 3.52. The number of nitrogens with one attached hydrogen (secondary N) is 2. The van der Waals surface area contributed by atoms with Crippen molar-refractivity contribution in [2.45, 2.75) is 128 Å². The number of carbonyl (C=O) groups excluding carboxylic acids is 2. The van der Waals surface area contributed by atoms with Crippen LogP contribution in [0, 0.1) is 0 Å². The smallest absolute Gasteiger partial charge is 0.243 e. The van der Waals surface area contributed by atoms with Gasteiger partial charge >= 0.3 is 0 Å². The molecule has 8 nitrogen and oxygen atoms in total. The van der Waals surface area contributed by atoms with Gasteiger partial charge in [-0.2, -0.15) is 0 Å². The largest absolute Gasteiger partial charge is 0.457 e. The van der Waals surface area contributed by atoms with Crippen LogP contribution in [0.2, 0.25) is 18.1 Å². The Hall–Kier alpha value is -4.02. The normalized spacial score (nSPS) is 17.0. The second-order valence-corrected chi connectivity index (χ2v) is 21.3. The molecule has 304 valence electrons. The SMILES string of the molecule is C=CCC[C@@H](C(=O)N[C@@H](Cc1ccccc1)[C@@H](CNC1CC(OCC=C)c2ccc(Oc3ccccc3)cc21)O[Si](C)(C)C(C)(C)C)N(C)C(=O)CCCCC. The van der Waals surface area contributed by atoms with E-state index in [0.29, 0.717) is 38.8 Å². The number of allylic oxidation sites excluding steroid dienone is 1. The quantitative estimate of drug-likeness (QED) is 0.0566. The summed E-state index contributed by atoms with van der Waals surface area (Å²) >= 11 is 0. The van der Waals surface area contributed by atoms with Crippen molar-refractivity contribution in [3.05, 3.63) is 121 Å². The summed E-state index contributed by atoms with van der Waals surface area (Å²) in [6, 6.07) is 25.2. The Bertz CT molecular complexity index is 1690. The van der Waals surface area contributed by atoms with E-state index >= 15 is 0 Å². The van der Waals surface area contributed by atoms with Gasteiger partial charge in [-0.3, -0.25) is 9.59 Å². The van der Waals surface area contributed by atoms with E-state index in [-0.39, 0.29) is 41.1 Å². The van der Waals surface area contributed by atoms with E-state index < -0.39 is 14.4 Å². The maximum atomic E-state index is 14.5. The molecule has 2 amide bonds. The van der Waals surface area contributed by atoms with Gasteiger partial charge in [-0.1, -0.05) is 107 Å². The van der Waals surface area contributed by atoms with Gasteiger partial charge in [-0.15, -0.1) is 13.2 Å². The van der Waals surface area contributed by atoms with Crippen molar-refractivity contribution in [3.8, 4) is 11.5 Å². The van der Waals surface area contributed by atoms with Crippen LogP contribution in [0.3, 0.4) is 0 Å². The molecule has 0 radical (unpaired) electrons. The topological polar surface area (TPSA) is 89.1 Å². The predicted octanol–water partition coefficient (Wildman–Crippen LogP) is 10.2. The number of fused-ring (bicyclic) bond motifs is 1. The van der Waals surface area contributed by atoms with Gasteiger partial charge in [0, 0.05) is 26.1 Å². The first-order valence-corrected chi connectivity index (χ1v) is 23.4. The first kappa shape index (κ1) is 44.7. The first-order chi connectivity index (χ1) is 26.8. The standard InChI is InChI=1S/C47H67N3O5Si/c1-10-13-17-27-45(51)50(7)42(26-14-11-2)46(52)49-41(31-35-22-18-15-19-23-35)44(55-56(8,9)47(4,5)6)34-48-40-33-43(53-30-12-3)38-29-28-37(32-39(38)40)54-36-24-20-16-21-25-36/h11-12,15-16,18-25,28-29,32,40-44,48H,2-3,10,13-14,17,26-27,30-31,33-34H2,1,4-9H3,(H,49,52)/t40?,41-,42-,43?,44+/m0/s1. The van der Waals surface area contributed by atoms with E-state index in [9.17, 15) is 9.59 Å². The van der Waals surface area contributed by atoms with E-state index in [4.69, 9.17) is 13.9 Å². The Morgan fingerprint density at radius 1 is 0.946 bits per heavy atom. The molecule has 9 heteroatoms. The van der Waals surface area contributed by atoms with E-state index in [2.05, 4.69) is 88.8 Å². The highest BCUT2D eigenvalue weighted by atomic mass is 28.4. The molecule has 0 bridgehead atoms. The van der Waals surface area contributed by atoms with Crippen molar-refractivity contribution < 1.29 is 23.5 Å². The molecule has 1 aliphatic carbocycles. The Labute approximate surface area is 338 Å². The van der Waals surface area contributed by atoms with Gasteiger partial charge in [-0.25, -0.2) is 0 Å². The number of carbonyl (C=O) groups is 2. The molecule has 0 saturated heterocycles. The van der Waals surface area contributed by atoms with Crippen molar-refractivity contribution in [1.82, 2.24) is 15.5 Å². The van der Waals surface area contributed by atoms with Crippen LogP contribution in [0.1, 0.15) is 101 Å². The molecule has 0 aromatic heterocycles. The number of para-hydroxylation sites is 1. The number of likely N-dealkylation sites (N-methyl/N-ethyl adjacent to an activating group) is 1. The Morgan fingerprint density at radius 3 is 2.29 bits per heavy atom. The van der Waals surface area contributed by atoms with Crippen molar-refractivity contribution >= 4 is 20.1 Å². The molecule has 0 saturated carbocycles. The Kier molecular flexibility index (Phi) is 17.1. The second kappa shape index (κ2) is 21.5. The molecule has 3 aromatic carbocycles. The molecule has 0 spiro atoms. The van der Waals surface area contributed by atoms with Gasteiger partial charge in [0.2, 0.25) is 11.8 Å². The molecule has 2 unspecified atom stereocenters. The van der Waals surface area contributed by atoms with Crippen LogP contribution < -0.4 is 15.4 Å². The maximum absolute atomic E-state index is 14.5. The fraction of sp³-hybridized carbons (Fsp3) is 0.489. The molecule has 4 rings (SSSR count). The minimum Gasteiger partial charge on any atom is -0.457 e. The lowest BCUT2D eigenvalue weighted by atomic mass is 9.99. The van der Waals surface area contributed by atoms with Crippen LogP contribution >= 0.6 is 0 Å². The molecule has 0 fully saturated rings. The van der Waals surface area contributed by atoms with Crippen LogP contribution in [0.4, 0.5) is 0 Å². The Morgan fingerprint density at radius 2 is 1.64 bits per heavy atom. The van der Waals surface area contributed by atoms with Gasteiger partial charge in [0.1, 0.15) is 17.5 Å². The number of rotatable bonds is 23. The number of nitrogens with zero attached hydrogens (tertiary/aromatic N) is 1. The zero-order valence-electron chi connectivity index (χ0n) is 35.0. The molecule has 5 atom stereocenters. The van der Waals surface area contributed by atoms with E-state index in [1.807, 2.05) is 60.7 Å². The number of hydrogen-bond donors (Lipinski definition) is 2. The van der Waals surface area contributed by atoms with E-state index in [0.717, 1.165) is 53.9 Å². The second-order valence-electron chi connectivity index (χ2n) is 16.6. The van der Waals surface area contributed by atoms with Crippen LogP contribution in [-0.2, 0) is 25.2 Å². The van der Waals surface area contributed by atoms with Crippen LogP contribution in [0.15, 0.2) is 104 Å². The van der Waals surface area contributed by atoms with Gasteiger partial charge in [0.25, 0.3) is 0 Å². The highest BCUT2D eigenvalue weighted by molar-refractivity contribution is 6.74. The zero-order valence-corrected chi connectivity index (χ0v) is 36.0. The summed E-state index contributed by atoms with van der Waals surface area (Å²) < 4.78 is 19.9. The lowest BCUT2D eigenvalue weighted by Crippen LogP contribution is -2.58. The minimum absolute atomic E-state index is 0.0123. The average molecular weight is 782 g/mol. The highest BCUT2D eigenvalue weighted by Gasteiger charge is 2.42. The number of benzene rings is 3. The fourth-order valence-electron chi connectivity index (χ4n) is 6.99. The summed E-state index contributed by atoms with van der Waals surface area (Å²) in [6.45, 7) is 22.1. The van der Waals surface area contributed by atoms with Crippen molar-refractivity contribution in [1.29, 1.82) is 0 Å². The van der Waals surface area contributed by atoms with Gasteiger partial charge in [-0.05, 0) is 91.2 Å². The zero-order chi connectivity index (χ0) is 40.7. The van der Waals surface area contributed by atoms with E-state index in [1.54, 1.807) is 18.0 Å². The number of ether oxygens (including phenoxy) is 2. The third-order valence-electron chi connectivity index (χ3n) is 11.3. The van der Waals surface area contributed by atoms with E-state index in [1.165, 1.54) is 0 Å². The third-order valence-corrected chi connectivity index (χ3v) is 15.8. The summed E-state index contributed by atoms with van der Waals surface area (Å²) in [5.41, 5.74) is 3.34. The summed E-state index contributed by atoms with van der Waals surface area (Å²) in [5, 5.41) is 7.27. The monoisotopic (exact) mass is 781 g/mol. The number of hydrogen-bond acceptors (Lipinski definition) is 6. The first-order valence-electron chi connectivity index (χ1n) is 20.5. The summed E-state index contributed by atoms with van der Waals surface area (Å²) in [5.74, 6) is 1.35. The number of unbranched alkanes of at least 4 members (excludes halogenated alkanes) is 2. The maximum Gasteiger partial charge on any atom is 0.243 e. The van der Waals surface area contributed by atoms with Gasteiger partial charge in [0.15, 0.2) is 8.32 Å². The molecular weight excluding hydrogens is 715 g/mol. The van der Waals surface area contributed by atoms with Crippen molar-refractivity contribution in [2.24, 2.45) is 0 Å². The summed E-state index contributed by atoms with van der Waals surface area (Å²) in [4.78, 5) is 29.5. The molecule has 0 heterocycles. The van der Waals surface area contributed by atoms with Gasteiger partial charge in [0.05, 0.1) is 24.9 Å². The predicted molar refractivity (Wildman–Crippen MR) is 231 cm³/mol. The molecule has 56 heavy (non-hydrogen) atoms. The van der Waals surface area contributed by atoms with Crippen LogP contribution in [0.25, 0.3) is 0 Å². The fourth-order valence-corrected chi connectivity index (χ4v) is 8.35. The molecule has 3 aromatic rings. The van der Waals surface area contributed by atoms with Crippen LogP contribution in [-0.4, -0.2) is 63.4 Å². The lowest BCUT2D eigenvalue weighted by Gasteiger charge is -2.42. The number of amides is 2. The highest BCUT2D eigenvalue weighted by Crippen LogP contribution is 2.43. The third kappa shape index (κ3) is 12.7. The van der Waals surface area contributed by atoms with Crippen LogP contribution in [0.5, 0.6) is 11.5 Å². The Balaban J connectivity index is 1.69. The summed E-state index contributed by atoms with van der Waals surface area (Å²) in [6.07, 6.45) is 8.76. The molecule has 1 aliphatic rings. The molecule has 2 N–H and O–H groups in total. The van der Waals surface area contributed by atoms with Crippen molar-refractivity contribution in [2.75, 3.05) is 20.2 Å². The molecular formula is C47H67N3O5Si.